The SMILES string of the molecule is CC(C)Cl.Cl.[H-].[H-].[H-].[Li+].[Mg+2]. The van der Waals surface area contributed by atoms with Gasteiger partial charge in [-0.05, 0) is 13.8 Å². The summed E-state index contributed by atoms with van der Waals surface area (Å²) in [6.07, 6.45) is 0. The van der Waals surface area contributed by atoms with Crippen LogP contribution in [0.25, 0.3) is 0 Å². The molecule has 0 aromatic carbocycles. The molecule has 0 atom stereocenters. The third-order valence-electron chi connectivity index (χ3n) is 0. The first-order valence-corrected chi connectivity index (χ1v) is 1.81. The van der Waals surface area contributed by atoms with Crippen molar-refractivity contribution in [3.05, 3.63) is 0 Å². The van der Waals surface area contributed by atoms with Gasteiger partial charge in [-0.1, -0.05) is 0 Å². The van der Waals surface area contributed by atoms with Crippen LogP contribution in [0.2, 0.25) is 0 Å². The summed E-state index contributed by atoms with van der Waals surface area (Å²) in [5.41, 5.74) is 0. The van der Waals surface area contributed by atoms with E-state index in [1.54, 1.807) is 0 Å². The smallest absolute Gasteiger partial charge is 1.00 e. The largest absolute Gasteiger partial charge is 2.00 e. The fraction of sp³-hybridized carbons (Fsp3) is 1.00. The molecule has 0 N–H and O–H groups in total. The second-order valence-electron chi connectivity index (χ2n) is 1.01. The molecule has 0 radical (unpaired) electrons. The predicted molar refractivity (Wildman–Crippen MR) is 37.3 cm³/mol. The Kier molecular flexibility index (Phi) is 51.7. The Balaban J connectivity index is -0.00000000300. The third kappa shape index (κ3) is 74.3. The van der Waals surface area contributed by atoms with Gasteiger partial charge >= 0.3 is 41.9 Å². The van der Waals surface area contributed by atoms with E-state index in [2.05, 4.69) is 0 Å². The molecule has 0 aromatic heterocycles. The average Bonchev–Trinajstić information content (AvgIpc) is 0.811. The van der Waals surface area contributed by atoms with Gasteiger partial charge in [-0.15, -0.1) is 24.0 Å². The van der Waals surface area contributed by atoms with Crippen molar-refractivity contribution in [1.82, 2.24) is 0 Å². The van der Waals surface area contributed by atoms with Gasteiger partial charge in [0.05, 0.1) is 0 Å². The van der Waals surface area contributed by atoms with E-state index in [0.29, 0.717) is 5.38 Å². The van der Waals surface area contributed by atoms with Gasteiger partial charge in [-0.25, -0.2) is 0 Å². The zero-order valence-corrected chi connectivity index (χ0v) is 8.06. The number of hydrogen-bond donors (Lipinski definition) is 0. The van der Waals surface area contributed by atoms with E-state index in [-0.39, 0.29) is 58.6 Å². The molecule has 0 saturated carbocycles. The first-order valence-electron chi connectivity index (χ1n) is 1.37. The molecule has 0 nitrogen and oxygen atoms in total. The van der Waals surface area contributed by atoms with E-state index >= 15 is 0 Å². The molecule has 0 bridgehead atoms. The van der Waals surface area contributed by atoms with E-state index < -0.39 is 0 Å². The van der Waals surface area contributed by atoms with E-state index in [1.807, 2.05) is 13.8 Å². The van der Waals surface area contributed by atoms with Gasteiger partial charge in [0.15, 0.2) is 0 Å². The van der Waals surface area contributed by atoms with E-state index in [0.717, 1.165) is 0 Å². The normalized spacial score (nSPS) is 5.14. The maximum Gasteiger partial charge on any atom is 2.00 e. The van der Waals surface area contributed by atoms with E-state index in [4.69, 9.17) is 11.6 Å². The summed E-state index contributed by atoms with van der Waals surface area (Å²) in [4.78, 5) is 0. The van der Waals surface area contributed by atoms with E-state index in [1.165, 1.54) is 0 Å². The monoisotopic (exact) mass is 148 g/mol. The number of halogens is 2. The van der Waals surface area contributed by atoms with Crippen LogP contribution in [0.15, 0.2) is 0 Å². The van der Waals surface area contributed by atoms with Crippen molar-refractivity contribution >= 4 is 47.1 Å². The van der Waals surface area contributed by atoms with Gasteiger partial charge in [-0.2, -0.15) is 0 Å². The second kappa shape index (κ2) is 15.7. The van der Waals surface area contributed by atoms with Gasteiger partial charge in [0.1, 0.15) is 0 Å². The minimum absolute atomic E-state index is 0. The summed E-state index contributed by atoms with van der Waals surface area (Å²) in [5.74, 6) is 0. The standard InChI is InChI=1S/C3H7Cl.ClH.Li.Mg.3H/c1-3(2)4;;;;;;/h3H,1-2H3;1H;;;;;/q;;+1;+2;3*-1. The van der Waals surface area contributed by atoms with Crippen LogP contribution in [0.5, 0.6) is 0 Å². The van der Waals surface area contributed by atoms with Crippen molar-refractivity contribution in [3.63, 3.8) is 0 Å². The molecule has 4 heteroatoms. The molecule has 0 amide bonds. The second-order valence-corrected chi connectivity index (χ2v) is 1.89. The van der Waals surface area contributed by atoms with Crippen LogP contribution in [-0.2, 0) is 0 Å². The van der Waals surface area contributed by atoms with Gasteiger partial charge in [-0.3, -0.25) is 0 Å². The number of hydrogen-bond acceptors (Lipinski definition) is 0. The van der Waals surface area contributed by atoms with Crippen molar-refractivity contribution in [2.75, 3.05) is 0 Å². The molecule has 0 rings (SSSR count). The van der Waals surface area contributed by atoms with Crippen LogP contribution in [0.3, 0.4) is 0 Å². The molecule has 0 aromatic rings. The van der Waals surface area contributed by atoms with Crippen LogP contribution >= 0.6 is 24.0 Å². The van der Waals surface area contributed by atoms with Crippen LogP contribution < -0.4 is 18.9 Å². The molecule has 0 aliphatic heterocycles. The van der Waals surface area contributed by atoms with E-state index in [9.17, 15) is 0 Å². The minimum Gasteiger partial charge on any atom is -1.00 e. The molecule has 0 heterocycles. The maximum atomic E-state index is 5.27. The Morgan fingerprint density at radius 1 is 1.43 bits per heavy atom. The summed E-state index contributed by atoms with van der Waals surface area (Å²) >= 11 is 5.27. The first-order chi connectivity index (χ1) is 1.73. The Labute approximate surface area is 88.9 Å². The molecule has 0 saturated heterocycles. The quantitative estimate of drug-likeness (QED) is 0.307. The van der Waals surface area contributed by atoms with Crippen molar-refractivity contribution in [3.8, 4) is 0 Å². The third-order valence-corrected chi connectivity index (χ3v) is 0. The Bertz CT molecular complexity index is 26.5. The van der Waals surface area contributed by atoms with Crippen LogP contribution in [0, 0.1) is 0 Å². The minimum atomic E-state index is 0. The zero-order valence-electron chi connectivity index (χ0n) is 8.07. The molecule has 7 heavy (non-hydrogen) atoms. The fourth-order valence-corrected chi connectivity index (χ4v) is 0. The molecule has 0 fully saturated rings. The summed E-state index contributed by atoms with van der Waals surface area (Å²) in [6, 6.07) is 0. The molecule has 0 spiro atoms. The molecular weight excluding hydrogens is 138 g/mol. The Morgan fingerprint density at radius 3 is 1.43 bits per heavy atom. The predicted octanol–water partition coefficient (Wildman–Crippen LogP) is -0.984. The summed E-state index contributed by atoms with van der Waals surface area (Å²) in [5, 5.41) is 0.306. The summed E-state index contributed by atoms with van der Waals surface area (Å²) < 4.78 is 0. The fourth-order valence-electron chi connectivity index (χ4n) is 0. The summed E-state index contributed by atoms with van der Waals surface area (Å²) in [6.45, 7) is 3.86. The number of alkyl halides is 1. The molecule has 0 aliphatic carbocycles. The average molecular weight is 149 g/mol. The van der Waals surface area contributed by atoms with Gasteiger partial charge < -0.3 is 4.28 Å². The van der Waals surface area contributed by atoms with Crippen LogP contribution in [0.4, 0.5) is 0 Å². The molecule has 0 unspecified atom stereocenters. The van der Waals surface area contributed by atoms with Crippen LogP contribution in [0.1, 0.15) is 18.1 Å². The van der Waals surface area contributed by atoms with Crippen molar-refractivity contribution < 1.29 is 23.1 Å². The van der Waals surface area contributed by atoms with Gasteiger partial charge in [0.2, 0.25) is 0 Å². The molecular formula is C3H11Cl2LiMg. The topological polar surface area (TPSA) is 0 Å². The van der Waals surface area contributed by atoms with Crippen molar-refractivity contribution in [2.24, 2.45) is 0 Å². The first kappa shape index (κ1) is 23.1. The van der Waals surface area contributed by atoms with Crippen molar-refractivity contribution in [2.45, 2.75) is 19.2 Å². The summed E-state index contributed by atoms with van der Waals surface area (Å²) in [7, 11) is 0. The van der Waals surface area contributed by atoms with Crippen molar-refractivity contribution in [1.29, 1.82) is 0 Å². The zero-order chi connectivity index (χ0) is 3.58. The Morgan fingerprint density at radius 2 is 1.43 bits per heavy atom. The number of rotatable bonds is 0. The Hall–Kier alpha value is 1.94. The molecule has 40 valence electrons. The maximum absolute atomic E-state index is 5.27. The van der Waals surface area contributed by atoms with Crippen LogP contribution in [-0.4, -0.2) is 28.4 Å². The molecule has 0 aliphatic rings. The van der Waals surface area contributed by atoms with Gasteiger partial charge in [0, 0.05) is 5.38 Å². The van der Waals surface area contributed by atoms with Gasteiger partial charge in [0.25, 0.3) is 0 Å².